The molecule has 164 valence electrons. The summed E-state index contributed by atoms with van der Waals surface area (Å²) in [5.41, 5.74) is 6.65. The summed E-state index contributed by atoms with van der Waals surface area (Å²) in [7, 11) is 0. The van der Waals surface area contributed by atoms with Gasteiger partial charge < -0.3 is 16.3 Å². The van der Waals surface area contributed by atoms with Crippen LogP contribution in [0.4, 0.5) is 14.6 Å². The first-order valence-electron chi connectivity index (χ1n) is 9.06. The Balaban J connectivity index is 2.04. The van der Waals surface area contributed by atoms with Gasteiger partial charge in [-0.2, -0.15) is 14.0 Å². The lowest BCUT2D eigenvalue weighted by Gasteiger charge is -2.18. The molecule has 0 bridgehead atoms. The number of nitrogens with zero attached hydrogens (tertiary/aromatic N) is 2. The molecule has 1 heterocycles. The van der Waals surface area contributed by atoms with Crippen molar-refractivity contribution in [3.05, 3.63) is 64.5 Å². The van der Waals surface area contributed by atoms with E-state index in [0.29, 0.717) is 0 Å². The van der Waals surface area contributed by atoms with Crippen molar-refractivity contribution in [1.82, 2.24) is 10.8 Å². The van der Waals surface area contributed by atoms with Crippen molar-refractivity contribution < 1.29 is 23.1 Å². The number of nitrogens with two attached hydrogens (primary N) is 1. The molecule has 2 rings (SSSR count). The Morgan fingerprint density at radius 1 is 1.29 bits per heavy atom. The van der Waals surface area contributed by atoms with E-state index in [1.807, 2.05) is 6.07 Å². The largest absolute Gasteiger partial charge is 0.710 e. The molecule has 2 aromatic rings. The Morgan fingerprint density at radius 2 is 2.00 bits per heavy atom. The standard InChI is InChI=1S/C19H21F2N7O3/c20-19(21,14-4-2-1-3-5-14)12-26-16-7-6-13(11-22)15(28(16)30)10-17(29)25-8-9-31-27-18(23)24/h1-7,26H,8-10,12H2,(H,25,29)(H4,23,24,27). The summed E-state index contributed by atoms with van der Waals surface area (Å²) in [6.07, 6.45) is -0.447. The van der Waals surface area contributed by atoms with E-state index in [-0.39, 0.29) is 40.5 Å². The van der Waals surface area contributed by atoms with Crippen molar-refractivity contribution in [2.45, 2.75) is 12.3 Å². The van der Waals surface area contributed by atoms with Crippen LogP contribution in [0.5, 0.6) is 0 Å². The Bertz CT molecular complexity index is 965. The second-order valence-corrected chi connectivity index (χ2v) is 6.30. The fourth-order valence-electron chi connectivity index (χ4n) is 2.55. The van der Waals surface area contributed by atoms with Crippen LogP contribution in [0, 0.1) is 21.9 Å². The van der Waals surface area contributed by atoms with Gasteiger partial charge in [0.1, 0.15) is 11.8 Å². The molecule has 0 unspecified atom stereocenters. The molecule has 0 saturated carbocycles. The molecule has 0 radical (unpaired) electrons. The van der Waals surface area contributed by atoms with Crippen LogP contribution in [0.3, 0.4) is 0 Å². The average molecular weight is 433 g/mol. The minimum absolute atomic E-state index is 0.00995. The van der Waals surface area contributed by atoms with Crippen molar-refractivity contribution in [3.8, 4) is 6.07 Å². The van der Waals surface area contributed by atoms with E-state index in [9.17, 15) is 24.0 Å². The Hall–Kier alpha value is -3.98. The number of aromatic nitrogens is 1. The lowest BCUT2D eigenvalue weighted by molar-refractivity contribution is -0.598. The van der Waals surface area contributed by atoms with Gasteiger partial charge in [0.2, 0.25) is 11.9 Å². The van der Waals surface area contributed by atoms with Crippen LogP contribution in [0.25, 0.3) is 0 Å². The Labute approximate surface area is 176 Å². The monoisotopic (exact) mass is 433 g/mol. The zero-order chi connectivity index (χ0) is 22.9. The first-order chi connectivity index (χ1) is 14.7. The van der Waals surface area contributed by atoms with Crippen LogP contribution in [0.1, 0.15) is 16.8 Å². The minimum atomic E-state index is -3.24. The predicted molar refractivity (Wildman–Crippen MR) is 107 cm³/mol. The normalized spacial score (nSPS) is 10.7. The molecular weight excluding hydrogens is 412 g/mol. The number of hydroxylamine groups is 1. The molecule has 31 heavy (non-hydrogen) atoms. The Morgan fingerprint density at radius 3 is 2.65 bits per heavy atom. The van der Waals surface area contributed by atoms with Gasteiger partial charge in [0.15, 0.2) is 6.54 Å². The third-order valence-corrected chi connectivity index (χ3v) is 4.03. The average Bonchev–Trinajstić information content (AvgIpc) is 2.74. The molecule has 1 amide bonds. The lowest BCUT2D eigenvalue weighted by Crippen LogP contribution is -2.41. The molecule has 0 fully saturated rings. The van der Waals surface area contributed by atoms with Gasteiger partial charge in [-0.3, -0.25) is 20.4 Å². The predicted octanol–water partition coefficient (Wildman–Crippen LogP) is 0.469. The molecule has 1 aromatic heterocycles. The highest BCUT2D eigenvalue weighted by molar-refractivity contribution is 5.78. The van der Waals surface area contributed by atoms with E-state index in [1.165, 1.54) is 36.4 Å². The highest BCUT2D eigenvalue weighted by atomic mass is 19.3. The fourth-order valence-corrected chi connectivity index (χ4v) is 2.55. The molecule has 0 aliphatic carbocycles. The van der Waals surface area contributed by atoms with Gasteiger partial charge in [-0.05, 0) is 6.07 Å². The Kier molecular flexibility index (Phi) is 8.04. The van der Waals surface area contributed by atoms with Crippen LogP contribution in [0.15, 0.2) is 42.5 Å². The van der Waals surface area contributed by atoms with Crippen molar-refractivity contribution in [1.29, 1.82) is 10.7 Å². The number of carbonyl (C=O) groups is 1. The van der Waals surface area contributed by atoms with Crippen molar-refractivity contribution >= 4 is 17.7 Å². The summed E-state index contributed by atoms with van der Waals surface area (Å²) in [5.74, 6) is -4.45. The summed E-state index contributed by atoms with van der Waals surface area (Å²) in [4.78, 5) is 16.9. The SMILES string of the molecule is N#Cc1ccc(NCC(F)(F)c2ccccc2)[n+]([O-])c1CC(=O)NCCONC(=N)N. The third kappa shape index (κ3) is 6.79. The molecule has 12 heteroatoms. The van der Waals surface area contributed by atoms with Gasteiger partial charge in [0.05, 0.1) is 18.6 Å². The molecule has 6 N–H and O–H groups in total. The minimum Gasteiger partial charge on any atom is -0.710 e. The highest BCUT2D eigenvalue weighted by Crippen LogP contribution is 2.27. The maximum Gasteiger partial charge on any atom is 0.309 e. The number of rotatable bonds is 10. The number of benzene rings is 1. The number of anilines is 1. The third-order valence-electron chi connectivity index (χ3n) is 4.03. The van der Waals surface area contributed by atoms with E-state index in [4.69, 9.17) is 16.0 Å². The number of hydrogen-bond acceptors (Lipinski definition) is 6. The van der Waals surface area contributed by atoms with Gasteiger partial charge in [0.25, 0.3) is 5.82 Å². The quantitative estimate of drug-likeness (QED) is 0.0908. The van der Waals surface area contributed by atoms with Crippen LogP contribution < -0.4 is 26.6 Å². The number of nitriles is 1. The number of pyridine rings is 1. The topological polar surface area (TPSA) is 163 Å². The molecule has 1 aromatic carbocycles. The molecule has 0 atom stereocenters. The van der Waals surface area contributed by atoms with E-state index in [2.05, 4.69) is 16.1 Å². The second kappa shape index (κ2) is 10.7. The van der Waals surface area contributed by atoms with Crippen molar-refractivity contribution in [2.75, 3.05) is 25.0 Å². The lowest BCUT2D eigenvalue weighted by atomic mass is 10.1. The molecule has 0 spiro atoms. The molecule has 10 nitrogen and oxygen atoms in total. The van der Waals surface area contributed by atoms with E-state index in [1.54, 1.807) is 6.07 Å². The molecule has 0 saturated heterocycles. The summed E-state index contributed by atoms with van der Waals surface area (Å²) >= 11 is 0. The van der Waals surface area contributed by atoms with Crippen LogP contribution in [-0.2, 0) is 22.0 Å². The highest BCUT2D eigenvalue weighted by Gasteiger charge is 2.34. The second-order valence-electron chi connectivity index (χ2n) is 6.30. The summed E-state index contributed by atoms with van der Waals surface area (Å²) < 4.78 is 29.0. The van der Waals surface area contributed by atoms with Gasteiger partial charge >= 0.3 is 5.92 Å². The van der Waals surface area contributed by atoms with Crippen LogP contribution >= 0.6 is 0 Å². The molecule has 0 aliphatic heterocycles. The number of alkyl halides is 2. The summed E-state index contributed by atoms with van der Waals surface area (Å²) in [5, 5.41) is 33.6. The maximum absolute atomic E-state index is 14.4. The van der Waals surface area contributed by atoms with E-state index < -0.39 is 30.8 Å². The zero-order valence-corrected chi connectivity index (χ0v) is 16.3. The van der Waals surface area contributed by atoms with Gasteiger partial charge in [-0.1, -0.05) is 30.3 Å². The van der Waals surface area contributed by atoms with Crippen molar-refractivity contribution in [2.24, 2.45) is 5.73 Å². The number of amides is 1. The van der Waals surface area contributed by atoms with Crippen molar-refractivity contribution in [3.63, 3.8) is 0 Å². The molecule has 0 aliphatic rings. The smallest absolute Gasteiger partial charge is 0.309 e. The first-order valence-corrected chi connectivity index (χ1v) is 9.06. The number of nitrogens with one attached hydrogen (secondary N) is 4. The maximum atomic E-state index is 14.4. The van der Waals surface area contributed by atoms with E-state index in [0.717, 1.165) is 0 Å². The summed E-state index contributed by atoms with van der Waals surface area (Å²) in [6.45, 7) is -0.817. The van der Waals surface area contributed by atoms with Gasteiger partial charge in [-0.25, -0.2) is 10.2 Å². The number of carbonyl (C=O) groups excluding carboxylic acids is 1. The number of guanidine groups is 1. The van der Waals surface area contributed by atoms with Crippen LogP contribution in [0.2, 0.25) is 0 Å². The summed E-state index contributed by atoms with van der Waals surface area (Å²) in [6, 6.07) is 11.4. The van der Waals surface area contributed by atoms with Gasteiger partial charge in [0, 0.05) is 18.2 Å². The van der Waals surface area contributed by atoms with Crippen LogP contribution in [-0.4, -0.2) is 31.6 Å². The van der Waals surface area contributed by atoms with E-state index >= 15 is 0 Å². The fraction of sp³-hybridized carbons (Fsp3) is 0.263. The van der Waals surface area contributed by atoms with Gasteiger partial charge in [-0.15, -0.1) is 0 Å². The first kappa shape index (κ1) is 23.3. The zero-order valence-electron chi connectivity index (χ0n) is 16.3. The molecular formula is C19H21F2N7O3. The number of halogens is 2. The number of hydrogen-bond donors (Lipinski definition) is 5.